The molecular weight excluding hydrogens is 268 g/mol. The molecule has 112 valence electrons. The van der Waals surface area contributed by atoms with Crippen molar-refractivity contribution < 1.29 is 9.59 Å². The van der Waals surface area contributed by atoms with Crippen LogP contribution < -0.4 is 15.5 Å². The Morgan fingerprint density at radius 1 is 1.38 bits per heavy atom. The minimum atomic E-state index is -0.283. The molecule has 0 bridgehead atoms. The number of imide groups is 1. The van der Waals surface area contributed by atoms with Gasteiger partial charge in [0.15, 0.2) is 0 Å². The number of urea groups is 1. The first kappa shape index (κ1) is 13.9. The zero-order valence-electron chi connectivity index (χ0n) is 12.1. The van der Waals surface area contributed by atoms with Gasteiger partial charge in [-0.1, -0.05) is 18.2 Å². The van der Waals surface area contributed by atoms with Crippen LogP contribution in [0.3, 0.4) is 0 Å². The van der Waals surface area contributed by atoms with Crippen LogP contribution >= 0.6 is 0 Å². The minimum Gasteiger partial charge on any atom is -0.360 e. The van der Waals surface area contributed by atoms with Crippen LogP contribution in [-0.2, 0) is 11.3 Å². The Kier molecular flexibility index (Phi) is 3.79. The van der Waals surface area contributed by atoms with Crippen LogP contribution in [0.4, 0.5) is 10.5 Å². The number of amides is 3. The highest BCUT2D eigenvalue weighted by atomic mass is 16.2. The first-order valence-corrected chi connectivity index (χ1v) is 7.29. The lowest BCUT2D eigenvalue weighted by molar-refractivity contribution is -0.126. The summed E-state index contributed by atoms with van der Waals surface area (Å²) in [7, 11) is 0. The Hall–Kier alpha value is -2.08. The number of nitrogens with zero attached hydrogens (tertiary/aromatic N) is 2. The molecule has 1 atom stereocenters. The maximum atomic E-state index is 12.4. The van der Waals surface area contributed by atoms with Gasteiger partial charge in [0.1, 0.15) is 0 Å². The molecule has 0 saturated carbocycles. The number of fused-ring (bicyclic) bond motifs is 1. The van der Waals surface area contributed by atoms with Gasteiger partial charge >= 0.3 is 6.03 Å². The van der Waals surface area contributed by atoms with E-state index in [1.54, 1.807) is 0 Å². The van der Waals surface area contributed by atoms with Crippen LogP contribution in [-0.4, -0.2) is 49.1 Å². The van der Waals surface area contributed by atoms with Crippen molar-refractivity contribution in [3.63, 3.8) is 0 Å². The minimum absolute atomic E-state index is 0.145. The molecule has 21 heavy (non-hydrogen) atoms. The van der Waals surface area contributed by atoms with Crippen LogP contribution in [0.5, 0.6) is 0 Å². The fourth-order valence-electron chi connectivity index (χ4n) is 2.85. The number of rotatable bonds is 2. The molecule has 0 aliphatic carbocycles. The van der Waals surface area contributed by atoms with Gasteiger partial charge in [-0.15, -0.1) is 0 Å². The molecule has 1 aromatic carbocycles. The van der Waals surface area contributed by atoms with E-state index in [0.717, 1.165) is 18.8 Å². The number of carbonyl (C=O) groups excluding carboxylic acids is 2. The third-order valence-corrected chi connectivity index (χ3v) is 3.95. The summed E-state index contributed by atoms with van der Waals surface area (Å²) in [6.45, 7) is 4.88. The van der Waals surface area contributed by atoms with E-state index in [-0.39, 0.29) is 24.5 Å². The van der Waals surface area contributed by atoms with Crippen molar-refractivity contribution in [2.45, 2.75) is 19.5 Å². The lowest BCUT2D eigenvalue weighted by Crippen LogP contribution is -2.44. The molecule has 1 saturated heterocycles. The predicted molar refractivity (Wildman–Crippen MR) is 80.1 cm³/mol. The van der Waals surface area contributed by atoms with Crippen molar-refractivity contribution in [2.75, 3.05) is 31.1 Å². The lowest BCUT2D eigenvalue weighted by Gasteiger charge is -2.27. The zero-order chi connectivity index (χ0) is 14.8. The van der Waals surface area contributed by atoms with Crippen LogP contribution in [0.2, 0.25) is 0 Å². The molecule has 0 radical (unpaired) electrons. The third-order valence-electron chi connectivity index (χ3n) is 3.95. The monoisotopic (exact) mass is 288 g/mol. The van der Waals surface area contributed by atoms with Gasteiger partial charge < -0.3 is 15.5 Å². The molecule has 1 fully saturated rings. The maximum absolute atomic E-state index is 12.4. The Bertz CT molecular complexity index is 560. The summed E-state index contributed by atoms with van der Waals surface area (Å²) in [5.74, 6) is -0.145. The van der Waals surface area contributed by atoms with E-state index in [1.165, 1.54) is 10.5 Å². The predicted octanol–water partition coefficient (Wildman–Crippen LogP) is 0.536. The summed E-state index contributed by atoms with van der Waals surface area (Å²) in [6.07, 6.45) is 0. The van der Waals surface area contributed by atoms with E-state index in [4.69, 9.17) is 0 Å². The van der Waals surface area contributed by atoms with Gasteiger partial charge in [-0.05, 0) is 18.6 Å². The average Bonchev–Trinajstić information content (AvgIpc) is 2.84. The molecule has 0 aromatic heterocycles. The molecule has 1 aromatic rings. The number of anilines is 1. The van der Waals surface area contributed by atoms with Gasteiger partial charge in [-0.25, -0.2) is 4.79 Å². The smallest absolute Gasteiger partial charge is 0.324 e. The fraction of sp³-hybridized carbons (Fsp3) is 0.467. The van der Waals surface area contributed by atoms with Crippen molar-refractivity contribution in [1.29, 1.82) is 0 Å². The third kappa shape index (κ3) is 2.85. The van der Waals surface area contributed by atoms with E-state index in [1.807, 2.05) is 18.2 Å². The number of carbonyl (C=O) groups is 2. The van der Waals surface area contributed by atoms with Crippen molar-refractivity contribution in [3.05, 3.63) is 29.8 Å². The second-order valence-electron chi connectivity index (χ2n) is 5.57. The Labute approximate surface area is 124 Å². The van der Waals surface area contributed by atoms with Crippen molar-refractivity contribution in [2.24, 2.45) is 0 Å². The quantitative estimate of drug-likeness (QED) is 0.833. The van der Waals surface area contributed by atoms with E-state index < -0.39 is 0 Å². The summed E-state index contributed by atoms with van der Waals surface area (Å²) in [4.78, 5) is 27.3. The Balaban J connectivity index is 1.80. The number of hydrogen-bond acceptors (Lipinski definition) is 4. The average molecular weight is 288 g/mol. The molecule has 1 unspecified atom stereocenters. The van der Waals surface area contributed by atoms with Gasteiger partial charge in [-0.2, -0.15) is 0 Å². The lowest BCUT2D eigenvalue weighted by atomic mass is 10.1. The summed E-state index contributed by atoms with van der Waals surface area (Å²) in [5, 5.41) is 6.10. The first-order valence-electron chi connectivity index (χ1n) is 7.29. The van der Waals surface area contributed by atoms with Crippen LogP contribution in [0, 0.1) is 0 Å². The van der Waals surface area contributed by atoms with Gasteiger partial charge in [0.25, 0.3) is 0 Å². The molecule has 3 rings (SSSR count). The second kappa shape index (κ2) is 5.73. The fourth-order valence-corrected chi connectivity index (χ4v) is 2.85. The van der Waals surface area contributed by atoms with Crippen LogP contribution in [0.15, 0.2) is 24.3 Å². The van der Waals surface area contributed by atoms with E-state index in [9.17, 15) is 9.59 Å². The Morgan fingerprint density at radius 2 is 2.19 bits per heavy atom. The summed E-state index contributed by atoms with van der Waals surface area (Å²) >= 11 is 0. The molecule has 0 spiro atoms. The summed E-state index contributed by atoms with van der Waals surface area (Å²) < 4.78 is 0. The molecule has 6 heteroatoms. The van der Waals surface area contributed by atoms with Crippen molar-refractivity contribution >= 4 is 17.6 Å². The van der Waals surface area contributed by atoms with Gasteiger partial charge in [0, 0.05) is 37.9 Å². The van der Waals surface area contributed by atoms with Gasteiger partial charge in [-0.3, -0.25) is 9.69 Å². The number of nitrogens with one attached hydrogen (secondary N) is 2. The molecular formula is C15H20N4O2. The van der Waals surface area contributed by atoms with E-state index in [0.29, 0.717) is 13.1 Å². The molecule has 6 nitrogen and oxygen atoms in total. The van der Waals surface area contributed by atoms with Crippen molar-refractivity contribution in [1.82, 2.24) is 15.5 Å². The molecule has 2 N–H and O–H groups in total. The highest BCUT2D eigenvalue weighted by molar-refractivity contribution is 5.97. The Morgan fingerprint density at radius 3 is 2.95 bits per heavy atom. The van der Waals surface area contributed by atoms with Gasteiger partial charge in [0.2, 0.25) is 5.91 Å². The van der Waals surface area contributed by atoms with Gasteiger partial charge in [0.05, 0.1) is 6.54 Å². The molecule has 2 aliphatic heterocycles. The van der Waals surface area contributed by atoms with Crippen LogP contribution in [0.1, 0.15) is 12.5 Å². The largest absolute Gasteiger partial charge is 0.360 e. The van der Waals surface area contributed by atoms with Crippen molar-refractivity contribution in [3.8, 4) is 0 Å². The standard InChI is InChI=1S/C15H20N4O2/c1-11-9-18(10-14(20)19-7-6-16-15(19)21)13-5-3-2-4-12(13)8-17-11/h2-5,11,17H,6-10H2,1H3,(H,16,21). The molecule has 2 aliphatic rings. The number of benzene rings is 1. The maximum Gasteiger partial charge on any atom is 0.324 e. The molecule has 3 amide bonds. The topological polar surface area (TPSA) is 64.7 Å². The summed E-state index contributed by atoms with van der Waals surface area (Å²) in [5.41, 5.74) is 2.25. The second-order valence-corrected chi connectivity index (χ2v) is 5.57. The highest BCUT2D eigenvalue weighted by Crippen LogP contribution is 2.23. The normalized spacial score (nSPS) is 21.8. The number of para-hydroxylation sites is 1. The van der Waals surface area contributed by atoms with E-state index >= 15 is 0 Å². The highest BCUT2D eigenvalue weighted by Gasteiger charge is 2.29. The van der Waals surface area contributed by atoms with Crippen LogP contribution in [0.25, 0.3) is 0 Å². The molecule has 2 heterocycles. The van der Waals surface area contributed by atoms with E-state index in [2.05, 4.69) is 28.5 Å². The SMILES string of the molecule is CC1CN(CC(=O)N2CCNC2=O)c2ccccc2CN1. The first-order chi connectivity index (χ1) is 10.1. The zero-order valence-corrected chi connectivity index (χ0v) is 12.1. The summed E-state index contributed by atoms with van der Waals surface area (Å²) in [6, 6.07) is 8.10. The number of hydrogen-bond donors (Lipinski definition) is 2.